The largest absolute Gasteiger partial charge is 0.366 e. The Hall–Kier alpha value is -2.04. The lowest BCUT2D eigenvalue weighted by molar-refractivity contribution is 0.1000. The van der Waals surface area contributed by atoms with Crippen molar-refractivity contribution >= 4 is 11.9 Å². The fraction of sp³-hybridized carbons (Fsp3) is 0.200. The van der Waals surface area contributed by atoms with Gasteiger partial charge >= 0.3 is 6.03 Å². The smallest absolute Gasteiger partial charge is 0.314 e. The molecular formula is C10H13N3O2. The predicted molar refractivity (Wildman–Crippen MR) is 56.3 cm³/mol. The minimum atomic E-state index is -0.475. The van der Waals surface area contributed by atoms with Gasteiger partial charge in [0, 0.05) is 19.2 Å². The highest BCUT2D eigenvalue weighted by Crippen LogP contribution is 2.04. The van der Waals surface area contributed by atoms with Crippen molar-refractivity contribution in [1.82, 2.24) is 10.6 Å². The molecule has 0 fully saturated rings. The lowest BCUT2D eigenvalue weighted by Gasteiger charge is -2.05. The monoisotopic (exact) mass is 207 g/mol. The molecule has 0 aromatic heterocycles. The van der Waals surface area contributed by atoms with E-state index in [4.69, 9.17) is 5.73 Å². The molecule has 0 atom stereocenters. The van der Waals surface area contributed by atoms with Gasteiger partial charge in [-0.05, 0) is 17.7 Å². The Bertz CT molecular complexity index is 377. The summed E-state index contributed by atoms with van der Waals surface area (Å²) in [6.45, 7) is 0.362. The maximum atomic E-state index is 10.9. The van der Waals surface area contributed by atoms with Crippen molar-refractivity contribution in [1.29, 1.82) is 0 Å². The maximum absolute atomic E-state index is 10.9. The first-order chi connectivity index (χ1) is 7.13. The molecule has 0 unspecified atom stereocenters. The standard InChI is InChI=1S/C10H13N3O2/c1-12-10(15)13-6-7-3-2-4-8(5-7)9(11)14/h2-5H,6H2,1H3,(H2,11,14)(H2,12,13,15). The molecule has 0 bridgehead atoms. The number of amides is 3. The van der Waals surface area contributed by atoms with Crippen LogP contribution in [-0.2, 0) is 6.54 Å². The van der Waals surface area contributed by atoms with Crippen molar-refractivity contribution < 1.29 is 9.59 Å². The van der Waals surface area contributed by atoms with E-state index in [-0.39, 0.29) is 6.03 Å². The van der Waals surface area contributed by atoms with E-state index in [2.05, 4.69) is 10.6 Å². The zero-order valence-corrected chi connectivity index (χ0v) is 8.41. The lowest BCUT2D eigenvalue weighted by Crippen LogP contribution is -2.32. The number of primary amides is 1. The summed E-state index contributed by atoms with van der Waals surface area (Å²) < 4.78 is 0. The van der Waals surface area contributed by atoms with E-state index in [1.165, 1.54) is 7.05 Å². The first-order valence-electron chi connectivity index (χ1n) is 4.48. The van der Waals surface area contributed by atoms with Crippen LogP contribution in [0.3, 0.4) is 0 Å². The van der Waals surface area contributed by atoms with Gasteiger partial charge in [0.1, 0.15) is 0 Å². The van der Waals surface area contributed by atoms with E-state index in [9.17, 15) is 9.59 Å². The molecule has 1 aromatic rings. The summed E-state index contributed by atoms with van der Waals surface area (Å²) in [6, 6.07) is 6.55. The topological polar surface area (TPSA) is 84.2 Å². The number of nitrogens with one attached hydrogen (secondary N) is 2. The lowest BCUT2D eigenvalue weighted by atomic mass is 10.1. The molecule has 0 aliphatic heterocycles. The van der Waals surface area contributed by atoms with Gasteiger partial charge in [0.25, 0.3) is 0 Å². The summed E-state index contributed by atoms with van der Waals surface area (Å²) in [6.07, 6.45) is 0. The van der Waals surface area contributed by atoms with Crippen LogP contribution in [0.2, 0.25) is 0 Å². The first-order valence-corrected chi connectivity index (χ1v) is 4.48. The molecule has 0 heterocycles. The molecular weight excluding hydrogens is 194 g/mol. The Morgan fingerprint density at radius 1 is 1.40 bits per heavy atom. The molecule has 1 rings (SSSR count). The van der Waals surface area contributed by atoms with Crippen LogP contribution in [0.25, 0.3) is 0 Å². The van der Waals surface area contributed by atoms with Gasteiger partial charge in [-0.15, -0.1) is 0 Å². The molecule has 80 valence electrons. The summed E-state index contributed by atoms with van der Waals surface area (Å²) in [4.78, 5) is 21.8. The molecule has 5 nitrogen and oxygen atoms in total. The Labute approximate surface area is 87.7 Å². The van der Waals surface area contributed by atoms with Crippen molar-refractivity contribution in [2.24, 2.45) is 5.73 Å². The van der Waals surface area contributed by atoms with Gasteiger partial charge in [-0.25, -0.2) is 4.79 Å². The van der Waals surface area contributed by atoms with Crippen molar-refractivity contribution in [3.8, 4) is 0 Å². The molecule has 0 radical (unpaired) electrons. The van der Waals surface area contributed by atoms with Crippen molar-refractivity contribution in [3.63, 3.8) is 0 Å². The summed E-state index contributed by atoms with van der Waals surface area (Å²) in [5.74, 6) is -0.475. The van der Waals surface area contributed by atoms with Gasteiger partial charge in [-0.1, -0.05) is 12.1 Å². The van der Waals surface area contributed by atoms with Crippen LogP contribution in [0.4, 0.5) is 4.79 Å². The molecule has 15 heavy (non-hydrogen) atoms. The van der Waals surface area contributed by atoms with E-state index in [1.807, 2.05) is 6.07 Å². The third-order valence-electron chi connectivity index (χ3n) is 1.89. The van der Waals surface area contributed by atoms with E-state index in [0.29, 0.717) is 12.1 Å². The van der Waals surface area contributed by atoms with Crippen LogP contribution in [-0.4, -0.2) is 19.0 Å². The number of nitrogens with two attached hydrogens (primary N) is 1. The van der Waals surface area contributed by atoms with Gasteiger partial charge in [0.2, 0.25) is 5.91 Å². The van der Waals surface area contributed by atoms with Crippen LogP contribution in [0.1, 0.15) is 15.9 Å². The highest BCUT2D eigenvalue weighted by atomic mass is 16.2. The number of hydrogen-bond acceptors (Lipinski definition) is 2. The molecule has 0 aliphatic rings. The number of rotatable bonds is 3. The normalized spacial score (nSPS) is 9.40. The number of urea groups is 1. The molecule has 0 spiro atoms. The third-order valence-corrected chi connectivity index (χ3v) is 1.89. The quantitative estimate of drug-likeness (QED) is 0.662. The summed E-state index contributed by atoms with van der Waals surface area (Å²) in [5.41, 5.74) is 6.39. The molecule has 3 amide bonds. The van der Waals surface area contributed by atoms with Crippen LogP contribution in [0, 0.1) is 0 Å². The Morgan fingerprint density at radius 3 is 2.73 bits per heavy atom. The average Bonchev–Trinajstić information content (AvgIpc) is 2.26. The Balaban J connectivity index is 2.66. The molecule has 0 saturated carbocycles. The summed E-state index contributed by atoms with van der Waals surface area (Å²) in [7, 11) is 1.54. The number of benzene rings is 1. The van der Waals surface area contributed by atoms with E-state index < -0.39 is 5.91 Å². The third kappa shape index (κ3) is 3.30. The highest BCUT2D eigenvalue weighted by Gasteiger charge is 2.02. The van der Waals surface area contributed by atoms with Crippen LogP contribution in [0.15, 0.2) is 24.3 Å². The number of carbonyl (C=O) groups is 2. The maximum Gasteiger partial charge on any atom is 0.314 e. The first kappa shape index (κ1) is 11.0. The predicted octanol–water partition coefficient (Wildman–Crippen LogP) is 0.215. The fourth-order valence-electron chi connectivity index (χ4n) is 1.11. The highest BCUT2D eigenvalue weighted by molar-refractivity contribution is 5.92. The van der Waals surface area contributed by atoms with Gasteiger partial charge in [0.15, 0.2) is 0 Å². The van der Waals surface area contributed by atoms with Crippen LogP contribution < -0.4 is 16.4 Å². The van der Waals surface area contributed by atoms with E-state index >= 15 is 0 Å². The molecule has 0 saturated heterocycles. The van der Waals surface area contributed by atoms with Crippen LogP contribution >= 0.6 is 0 Å². The summed E-state index contributed by atoms with van der Waals surface area (Å²) in [5, 5.41) is 5.04. The van der Waals surface area contributed by atoms with Crippen molar-refractivity contribution in [2.75, 3.05) is 7.05 Å². The minimum Gasteiger partial charge on any atom is -0.366 e. The second-order valence-electron chi connectivity index (χ2n) is 3.00. The van der Waals surface area contributed by atoms with Crippen LogP contribution in [0.5, 0.6) is 0 Å². The Morgan fingerprint density at radius 2 is 2.13 bits per heavy atom. The van der Waals surface area contributed by atoms with E-state index in [1.54, 1.807) is 18.2 Å². The fourth-order valence-corrected chi connectivity index (χ4v) is 1.11. The molecule has 0 aliphatic carbocycles. The Kier molecular flexibility index (Phi) is 3.68. The van der Waals surface area contributed by atoms with Gasteiger partial charge in [-0.3, -0.25) is 4.79 Å². The minimum absolute atomic E-state index is 0.264. The number of hydrogen-bond donors (Lipinski definition) is 3. The van der Waals surface area contributed by atoms with Gasteiger partial charge in [0.05, 0.1) is 0 Å². The van der Waals surface area contributed by atoms with Gasteiger partial charge in [-0.2, -0.15) is 0 Å². The molecule has 5 heteroatoms. The summed E-state index contributed by atoms with van der Waals surface area (Å²) >= 11 is 0. The zero-order chi connectivity index (χ0) is 11.3. The second-order valence-corrected chi connectivity index (χ2v) is 3.00. The average molecular weight is 207 g/mol. The van der Waals surface area contributed by atoms with Crippen molar-refractivity contribution in [2.45, 2.75) is 6.54 Å². The molecule has 1 aromatic carbocycles. The SMILES string of the molecule is CNC(=O)NCc1cccc(C(N)=O)c1. The zero-order valence-electron chi connectivity index (χ0n) is 8.41. The van der Waals surface area contributed by atoms with E-state index in [0.717, 1.165) is 5.56 Å². The second kappa shape index (κ2) is 4.99. The van der Waals surface area contributed by atoms with Gasteiger partial charge < -0.3 is 16.4 Å². The molecule has 4 N–H and O–H groups in total. The number of carbonyl (C=O) groups excluding carboxylic acids is 2. The van der Waals surface area contributed by atoms with Crippen molar-refractivity contribution in [3.05, 3.63) is 35.4 Å².